The lowest BCUT2D eigenvalue weighted by Crippen LogP contribution is -2.23. The Balaban J connectivity index is 1.41. The fourth-order valence-corrected chi connectivity index (χ4v) is 4.52. The summed E-state index contributed by atoms with van der Waals surface area (Å²) in [7, 11) is 4.20. The van der Waals surface area contributed by atoms with Crippen LogP contribution < -0.4 is 0 Å². The summed E-state index contributed by atoms with van der Waals surface area (Å²) in [5.74, 6) is 1.04. The molecule has 0 aliphatic heterocycles. The molecule has 27 heavy (non-hydrogen) atoms. The first-order valence-electron chi connectivity index (χ1n) is 10.7. The van der Waals surface area contributed by atoms with Crippen LogP contribution in [0.2, 0.25) is 0 Å². The summed E-state index contributed by atoms with van der Waals surface area (Å²) in [4.78, 5) is 14.3. The second-order valence-corrected chi connectivity index (χ2v) is 8.65. The van der Waals surface area contributed by atoms with Crippen LogP contribution in [-0.2, 0) is 16.1 Å². The van der Waals surface area contributed by atoms with Gasteiger partial charge in [0, 0.05) is 12.6 Å². The lowest BCUT2D eigenvalue weighted by atomic mass is 9.82. The van der Waals surface area contributed by atoms with E-state index < -0.39 is 0 Å². The molecule has 3 heteroatoms. The van der Waals surface area contributed by atoms with Crippen molar-refractivity contribution >= 4 is 5.97 Å². The van der Waals surface area contributed by atoms with Gasteiger partial charge in [0.2, 0.25) is 0 Å². The minimum Gasteiger partial charge on any atom is -0.459 e. The molecule has 0 amide bonds. The van der Waals surface area contributed by atoms with Gasteiger partial charge < -0.3 is 9.64 Å². The van der Waals surface area contributed by atoms with Crippen molar-refractivity contribution in [3.63, 3.8) is 0 Å². The van der Waals surface area contributed by atoms with Crippen LogP contribution in [0, 0.1) is 5.92 Å². The monoisotopic (exact) mass is 369 g/mol. The number of benzene rings is 1. The zero-order valence-electron chi connectivity index (χ0n) is 17.0. The number of esters is 1. The number of carbonyl (C=O) groups excluding carboxylic acids is 1. The molecule has 0 N–H and O–H groups in total. The van der Waals surface area contributed by atoms with E-state index >= 15 is 0 Å². The lowest BCUT2D eigenvalue weighted by Gasteiger charge is -2.28. The SMILES string of the molecule is CN(C)Cc1ccc([C@H]2CC[C@H](OC(=O)/C=C/C3CCCCC3)CC2)cc1. The van der Waals surface area contributed by atoms with E-state index in [1.807, 2.05) is 0 Å². The van der Waals surface area contributed by atoms with Crippen LogP contribution in [0.1, 0.15) is 74.8 Å². The molecule has 2 fully saturated rings. The second-order valence-electron chi connectivity index (χ2n) is 8.65. The van der Waals surface area contributed by atoms with E-state index in [0.29, 0.717) is 11.8 Å². The zero-order chi connectivity index (χ0) is 19.1. The number of ether oxygens (including phenoxy) is 1. The Hall–Kier alpha value is -1.61. The van der Waals surface area contributed by atoms with Crippen molar-refractivity contribution in [3.8, 4) is 0 Å². The molecule has 0 saturated heterocycles. The Labute approximate surface area is 164 Å². The lowest BCUT2D eigenvalue weighted by molar-refractivity contribution is -0.144. The molecule has 1 aromatic rings. The number of carbonyl (C=O) groups is 1. The highest BCUT2D eigenvalue weighted by molar-refractivity contribution is 5.82. The molecular formula is C24H35NO2. The summed E-state index contributed by atoms with van der Waals surface area (Å²) in [6.07, 6.45) is 14.4. The maximum absolute atomic E-state index is 12.1. The maximum atomic E-state index is 12.1. The first kappa shape index (κ1) is 20.1. The number of rotatable bonds is 6. The molecule has 0 heterocycles. The summed E-state index contributed by atoms with van der Waals surface area (Å²) < 4.78 is 5.70. The van der Waals surface area contributed by atoms with Gasteiger partial charge in [-0.05, 0) is 75.6 Å². The standard InChI is InChI=1S/C24H35NO2/c1-25(2)18-20-8-11-21(12-9-20)22-13-15-23(16-14-22)27-24(26)17-10-19-6-4-3-5-7-19/h8-12,17,19,22-23H,3-7,13-16,18H2,1-2H3/b17-10+/t22-,23-. The molecule has 1 aromatic carbocycles. The van der Waals surface area contributed by atoms with Gasteiger partial charge in [-0.25, -0.2) is 4.79 Å². The number of hydrogen-bond donors (Lipinski definition) is 0. The summed E-state index contributed by atoms with van der Waals surface area (Å²) in [5.41, 5.74) is 2.79. The smallest absolute Gasteiger partial charge is 0.330 e. The number of hydrogen-bond acceptors (Lipinski definition) is 3. The van der Waals surface area contributed by atoms with E-state index in [1.165, 1.54) is 43.2 Å². The second kappa shape index (κ2) is 10.1. The molecule has 0 bridgehead atoms. The van der Waals surface area contributed by atoms with Gasteiger partial charge in [-0.15, -0.1) is 0 Å². The average Bonchev–Trinajstić information content (AvgIpc) is 2.68. The van der Waals surface area contributed by atoms with E-state index in [4.69, 9.17) is 4.74 Å². The minimum atomic E-state index is -0.142. The van der Waals surface area contributed by atoms with Crippen molar-refractivity contribution in [2.24, 2.45) is 5.92 Å². The summed E-state index contributed by atoms with van der Waals surface area (Å²) in [6.45, 7) is 0.983. The third-order valence-corrected chi connectivity index (χ3v) is 6.06. The van der Waals surface area contributed by atoms with Gasteiger partial charge in [-0.1, -0.05) is 49.6 Å². The van der Waals surface area contributed by atoms with E-state index in [0.717, 1.165) is 32.2 Å². The van der Waals surface area contributed by atoms with Gasteiger partial charge in [0.05, 0.1) is 0 Å². The summed E-state index contributed by atoms with van der Waals surface area (Å²) >= 11 is 0. The first-order chi connectivity index (χ1) is 13.1. The fraction of sp³-hybridized carbons (Fsp3) is 0.625. The fourth-order valence-electron chi connectivity index (χ4n) is 4.52. The molecule has 3 rings (SSSR count). The molecule has 3 nitrogen and oxygen atoms in total. The Bertz CT molecular complexity index is 606. The first-order valence-corrected chi connectivity index (χ1v) is 10.7. The van der Waals surface area contributed by atoms with Gasteiger partial charge in [0.15, 0.2) is 0 Å². The molecular weight excluding hydrogens is 334 g/mol. The quantitative estimate of drug-likeness (QED) is 0.493. The van der Waals surface area contributed by atoms with E-state index in [1.54, 1.807) is 6.08 Å². The molecule has 2 saturated carbocycles. The van der Waals surface area contributed by atoms with Crippen LogP contribution in [0.4, 0.5) is 0 Å². The highest BCUT2D eigenvalue weighted by Crippen LogP contribution is 2.34. The maximum Gasteiger partial charge on any atom is 0.330 e. The molecule has 2 aliphatic rings. The van der Waals surface area contributed by atoms with Crippen molar-refractivity contribution in [1.29, 1.82) is 0 Å². The summed E-state index contributed by atoms with van der Waals surface area (Å²) in [6, 6.07) is 9.06. The van der Waals surface area contributed by atoms with Crippen LogP contribution in [0.25, 0.3) is 0 Å². The van der Waals surface area contributed by atoms with Crippen LogP contribution >= 0.6 is 0 Å². The molecule has 2 aliphatic carbocycles. The van der Waals surface area contributed by atoms with Crippen LogP contribution in [0.5, 0.6) is 0 Å². The molecule has 148 valence electrons. The predicted octanol–water partition coefficient (Wildman–Crippen LogP) is 5.45. The highest BCUT2D eigenvalue weighted by atomic mass is 16.5. The number of allylic oxidation sites excluding steroid dienone is 1. The summed E-state index contributed by atoms with van der Waals surface area (Å²) in [5, 5.41) is 0. The Kier molecular flexibility index (Phi) is 7.51. The van der Waals surface area contributed by atoms with Crippen LogP contribution in [0.15, 0.2) is 36.4 Å². The van der Waals surface area contributed by atoms with E-state index in [9.17, 15) is 4.79 Å². The van der Waals surface area contributed by atoms with Gasteiger partial charge in [0.25, 0.3) is 0 Å². The van der Waals surface area contributed by atoms with Crippen LogP contribution in [-0.4, -0.2) is 31.1 Å². The third-order valence-electron chi connectivity index (χ3n) is 6.06. The van der Waals surface area contributed by atoms with Crippen molar-refractivity contribution in [2.75, 3.05) is 14.1 Å². The average molecular weight is 370 g/mol. The molecule has 0 spiro atoms. The van der Waals surface area contributed by atoms with Crippen molar-refractivity contribution < 1.29 is 9.53 Å². The van der Waals surface area contributed by atoms with Gasteiger partial charge in [-0.3, -0.25) is 0 Å². The van der Waals surface area contributed by atoms with Gasteiger partial charge in [-0.2, -0.15) is 0 Å². The molecule has 0 aromatic heterocycles. The molecule has 0 atom stereocenters. The zero-order valence-corrected chi connectivity index (χ0v) is 17.0. The third kappa shape index (κ3) is 6.49. The predicted molar refractivity (Wildman–Crippen MR) is 111 cm³/mol. The van der Waals surface area contributed by atoms with E-state index in [-0.39, 0.29) is 12.1 Å². The van der Waals surface area contributed by atoms with Crippen molar-refractivity contribution in [3.05, 3.63) is 47.5 Å². The topological polar surface area (TPSA) is 29.5 Å². The molecule has 0 unspecified atom stereocenters. The largest absolute Gasteiger partial charge is 0.459 e. The normalized spacial score (nSPS) is 24.4. The Morgan fingerprint density at radius 1 is 1.00 bits per heavy atom. The van der Waals surface area contributed by atoms with Crippen molar-refractivity contribution in [1.82, 2.24) is 4.90 Å². The van der Waals surface area contributed by atoms with Crippen molar-refractivity contribution in [2.45, 2.75) is 76.4 Å². The number of nitrogens with zero attached hydrogens (tertiary/aromatic N) is 1. The Morgan fingerprint density at radius 3 is 2.30 bits per heavy atom. The highest BCUT2D eigenvalue weighted by Gasteiger charge is 2.24. The van der Waals surface area contributed by atoms with Crippen LogP contribution in [0.3, 0.4) is 0 Å². The van der Waals surface area contributed by atoms with E-state index in [2.05, 4.69) is 49.3 Å². The van der Waals surface area contributed by atoms with Gasteiger partial charge in [0.1, 0.15) is 6.10 Å². The molecule has 0 radical (unpaired) electrons. The minimum absolute atomic E-state index is 0.0952. The van der Waals surface area contributed by atoms with Gasteiger partial charge >= 0.3 is 5.97 Å². The Morgan fingerprint density at radius 2 is 1.67 bits per heavy atom.